The quantitative estimate of drug-likeness (QED) is 0.518. The Morgan fingerprint density at radius 3 is 3.08 bits per heavy atom. The van der Waals surface area contributed by atoms with Gasteiger partial charge in [0, 0.05) is 17.7 Å². The minimum atomic E-state index is -0.509. The molecule has 0 spiro atoms. The van der Waals surface area contributed by atoms with E-state index >= 15 is 0 Å². The number of hydrogen-bond donors (Lipinski definition) is 1. The van der Waals surface area contributed by atoms with Crippen molar-refractivity contribution in [3.05, 3.63) is 53.3 Å². The Morgan fingerprint density at radius 2 is 2.23 bits per heavy atom. The maximum absolute atomic E-state index is 14.5. The van der Waals surface area contributed by atoms with Crippen LogP contribution in [0, 0.1) is 17.7 Å². The molecule has 3 rings (SSSR count). The molecule has 0 aliphatic heterocycles. The molecule has 0 bridgehead atoms. The summed E-state index contributed by atoms with van der Waals surface area (Å²) in [4.78, 5) is 16.5. The molecule has 0 saturated carbocycles. The Labute approximate surface area is 155 Å². The average Bonchev–Trinajstić information content (AvgIpc) is 3.09. The van der Waals surface area contributed by atoms with Crippen molar-refractivity contribution < 1.29 is 13.9 Å². The normalized spacial score (nSPS) is 10.2. The highest BCUT2D eigenvalue weighted by molar-refractivity contribution is 7.16. The third kappa shape index (κ3) is 4.38. The van der Waals surface area contributed by atoms with Crippen molar-refractivity contribution >= 4 is 33.1 Å². The van der Waals surface area contributed by atoms with Gasteiger partial charge >= 0.3 is 0 Å². The van der Waals surface area contributed by atoms with Gasteiger partial charge in [0.15, 0.2) is 11.6 Å². The number of carbonyl (C=O) groups is 1. The smallest absolute Gasteiger partial charge is 0.228 e. The summed E-state index contributed by atoms with van der Waals surface area (Å²) in [6.45, 7) is 2.05. The number of halogens is 1. The molecule has 6 heteroatoms. The van der Waals surface area contributed by atoms with Crippen LogP contribution in [0.2, 0.25) is 0 Å². The van der Waals surface area contributed by atoms with Gasteiger partial charge in [-0.05, 0) is 31.2 Å². The number of fused-ring (bicyclic) bond motifs is 1. The lowest BCUT2D eigenvalue weighted by atomic mass is 10.1. The highest BCUT2D eigenvalue weighted by Gasteiger charge is 2.13. The zero-order chi connectivity index (χ0) is 18.4. The maximum atomic E-state index is 14.5. The van der Waals surface area contributed by atoms with Gasteiger partial charge in [0.2, 0.25) is 5.91 Å². The summed E-state index contributed by atoms with van der Waals surface area (Å²) in [6.07, 6.45) is 0.458. The Bertz CT molecular complexity index is 988. The Morgan fingerprint density at radius 1 is 1.35 bits per heavy atom. The summed E-state index contributed by atoms with van der Waals surface area (Å²) in [5.41, 5.74) is 3.60. The van der Waals surface area contributed by atoms with Crippen molar-refractivity contribution in [2.24, 2.45) is 0 Å². The summed E-state index contributed by atoms with van der Waals surface area (Å²) in [6, 6.07) is 10.3. The van der Waals surface area contributed by atoms with Gasteiger partial charge in [-0.3, -0.25) is 4.79 Å². The molecule has 26 heavy (non-hydrogen) atoms. The number of benzene rings is 2. The van der Waals surface area contributed by atoms with Gasteiger partial charge in [0.1, 0.15) is 0 Å². The molecule has 0 saturated heterocycles. The predicted octanol–water partition coefficient (Wildman–Crippen LogP) is 4.41. The summed E-state index contributed by atoms with van der Waals surface area (Å²) in [5, 5.41) is 2.79. The van der Waals surface area contributed by atoms with Crippen LogP contribution in [0.3, 0.4) is 0 Å². The number of anilines is 1. The standard InChI is InChI=1S/C20H17FN2O2S/c1-2-3-4-10-25-17-7-5-6-14(20(17)21)11-19(24)23-15-8-9-16-18(12-15)26-13-22-16/h5-9,12-13H,4,10-11H2,1H3,(H,23,24). The van der Waals surface area contributed by atoms with E-state index in [9.17, 15) is 9.18 Å². The van der Waals surface area contributed by atoms with Gasteiger partial charge in [-0.25, -0.2) is 9.37 Å². The summed E-state index contributed by atoms with van der Waals surface area (Å²) in [7, 11) is 0. The molecule has 1 amide bonds. The van der Waals surface area contributed by atoms with Crippen molar-refractivity contribution in [3.63, 3.8) is 0 Å². The lowest BCUT2D eigenvalue weighted by Gasteiger charge is -2.10. The largest absolute Gasteiger partial charge is 0.490 e. The van der Waals surface area contributed by atoms with Gasteiger partial charge in [0.05, 0.1) is 28.8 Å². The van der Waals surface area contributed by atoms with E-state index in [1.807, 2.05) is 12.1 Å². The zero-order valence-electron chi connectivity index (χ0n) is 14.2. The topological polar surface area (TPSA) is 51.2 Å². The fourth-order valence-electron chi connectivity index (χ4n) is 2.45. The van der Waals surface area contributed by atoms with Gasteiger partial charge in [-0.15, -0.1) is 23.2 Å². The average molecular weight is 368 g/mol. The van der Waals surface area contributed by atoms with Gasteiger partial charge in [-0.1, -0.05) is 12.1 Å². The van der Waals surface area contributed by atoms with E-state index in [0.717, 1.165) is 10.2 Å². The molecule has 1 heterocycles. The van der Waals surface area contributed by atoms with Crippen molar-refractivity contribution in [2.45, 2.75) is 19.8 Å². The highest BCUT2D eigenvalue weighted by Crippen LogP contribution is 2.23. The van der Waals surface area contributed by atoms with Gasteiger partial charge in [0.25, 0.3) is 0 Å². The molecular formula is C20H17FN2O2S. The molecule has 0 aliphatic rings. The minimum Gasteiger partial charge on any atom is -0.490 e. The molecule has 3 aromatic rings. The van der Waals surface area contributed by atoms with Crippen molar-refractivity contribution in [2.75, 3.05) is 11.9 Å². The summed E-state index contributed by atoms with van der Waals surface area (Å²) in [5.74, 6) is 4.96. The van der Waals surface area contributed by atoms with Crippen LogP contribution >= 0.6 is 11.3 Å². The number of hydrogen-bond acceptors (Lipinski definition) is 4. The number of nitrogens with one attached hydrogen (secondary N) is 1. The molecule has 2 aromatic carbocycles. The molecule has 1 N–H and O–H groups in total. The van der Waals surface area contributed by atoms with Crippen molar-refractivity contribution in [1.29, 1.82) is 0 Å². The second kappa shape index (κ2) is 8.45. The second-order valence-electron chi connectivity index (χ2n) is 5.51. The second-order valence-corrected chi connectivity index (χ2v) is 6.40. The van der Waals surface area contributed by atoms with Crippen LogP contribution < -0.4 is 10.1 Å². The lowest BCUT2D eigenvalue weighted by molar-refractivity contribution is -0.115. The summed E-state index contributed by atoms with van der Waals surface area (Å²) < 4.78 is 20.9. The van der Waals surface area contributed by atoms with E-state index in [-0.39, 0.29) is 18.1 Å². The predicted molar refractivity (Wildman–Crippen MR) is 102 cm³/mol. The Kier molecular flexibility index (Phi) is 5.82. The van der Waals surface area contributed by atoms with Crippen LogP contribution in [-0.2, 0) is 11.2 Å². The summed E-state index contributed by atoms with van der Waals surface area (Å²) >= 11 is 1.50. The molecule has 0 unspecified atom stereocenters. The van der Waals surface area contributed by atoms with Crippen LogP contribution in [0.5, 0.6) is 5.75 Å². The van der Waals surface area contributed by atoms with E-state index in [1.165, 1.54) is 11.3 Å². The first kappa shape index (κ1) is 17.9. The molecule has 0 atom stereocenters. The number of rotatable bonds is 6. The van der Waals surface area contributed by atoms with Crippen LogP contribution in [0.4, 0.5) is 10.1 Å². The van der Waals surface area contributed by atoms with E-state index in [2.05, 4.69) is 22.1 Å². The molecule has 1 aromatic heterocycles. The highest BCUT2D eigenvalue weighted by atomic mass is 32.1. The minimum absolute atomic E-state index is 0.0709. The molecule has 0 fully saturated rings. The van der Waals surface area contributed by atoms with E-state index in [4.69, 9.17) is 4.74 Å². The Hall–Kier alpha value is -2.91. The molecule has 0 radical (unpaired) electrons. The first-order valence-electron chi connectivity index (χ1n) is 8.10. The van der Waals surface area contributed by atoms with Crippen molar-refractivity contribution in [3.8, 4) is 17.6 Å². The van der Waals surface area contributed by atoms with E-state index in [1.54, 1.807) is 36.7 Å². The monoisotopic (exact) mass is 368 g/mol. The van der Waals surface area contributed by atoms with Gasteiger partial charge < -0.3 is 10.1 Å². The first-order chi connectivity index (χ1) is 12.7. The first-order valence-corrected chi connectivity index (χ1v) is 8.98. The van der Waals surface area contributed by atoms with Crippen molar-refractivity contribution in [1.82, 2.24) is 4.98 Å². The van der Waals surface area contributed by atoms with Crippen LogP contribution in [0.15, 0.2) is 41.9 Å². The molecular weight excluding hydrogens is 351 g/mol. The molecule has 132 valence electrons. The van der Waals surface area contributed by atoms with E-state index < -0.39 is 5.82 Å². The lowest BCUT2D eigenvalue weighted by Crippen LogP contribution is -2.15. The van der Waals surface area contributed by atoms with Crippen LogP contribution in [0.1, 0.15) is 18.9 Å². The fourth-order valence-corrected chi connectivity index (χ4v) is 3.17. The SMILES string of the molecule is CC#CCCOc1cccc(CC(=O)Nc2ccc3ncsc3c2)c1F. The number of aromatic nitrogens is 1. The van der Waals surface area contributed by atoms with Gasteiger partial charge in [-0.2, -0.15) is 0 Å². The van der Waals surface area contributed by atoms with E-state index in [0.29, 0.717) is 24.3 Å². The third-order valence-electron chi connectivity index (χ3n) is 3.67. The number of ether oxygens (including phenoxy) is 1. The molecule has 0 aliphatic carbocycles. The number of carbonyl (C=O) groups excluding carboxylic acids is 1. The number of amides is 1. The number of thiazole rings is 1. The van der Waals surface area contributed by atoms with Crippen LogP contribution in [-0.4, -0.2) is 17.5 Å². The third-order valence-corrected chi connectivity index (χ3v) is 4.46. The maximum Gasteiger partial charge on any atom is 0.228 e. The Balaban J connectivity index is 1.65. The number of nitrogens with zero attached hydrogens (tertiary/aromatic N) is 1. The fraction of sp³-hybridized carbons (Fsp3) is 0.200. The van der Waals surface area contributed by atoms with Crippen LogP contribution in [0.25, 0.3) is 10.2 Å². The zero-order valence-corrected chi connectivity index (χ0v) is 15.0. The molecule has 4 nitrogen and oxygen atoms in total.